The van der Waals surface area contributed by atoms with E-state index in [2.05, 4.69) is 20.7 Å². The van der Waals surface area contributed by atoms with Gasteiger partial charge in [-0.2, -0.15) is 0 Å². The third-order valence-corrected chi connectivity index (χ3v) is 5.58. The molecule has 4 nitrogen and oxygen atoms in total. The van der Waals surface area contributed by atoms with E-state index in [4.69, 9.17) is 4.74 Å². The topological polar surface area (TPSA) is 55.4 Å². The molecule has 0 heterocycles. The van der Waals surface area contributed by atoms with Gasteiger partial charge in [-0.1, -0.05) is 46.3 Å². The summed E-state index contributed by atoms with van der Waals surface area (Å²) in [7, 11) is -2.17. The summed E-state index contributed by atoms with van der Waals surface area (Å²) in [6.07, 6.45) is 1.54. The highest BCUT2D eigenvalue weighted by Gasteiger charge is 2.22. The Bertz CT molecular complexity index is 748. The Morgan fingerprint density at radius 2 is 1.87 bits per heavy atom. The lowest BCUT2D eigenvalue weighted by Gasteiger charge is -2.16. The van der Waals surface area contributed by atoms with Gasteiger partial charge in [0.25, 0.3) is 0 Å². The first-order valence-corrected chi connectivity index (χ1v) is 9.60. The summed E-state index contributed by atoms with van der Waals surface area (Å²) in [6, 6.07) is 14.8. The van der Waals surface area contributed by atoms with Crippen molar-refractivity contribution in [3.8, 4) is 5.75 Å². The molecule has 0 saturated carbocycles. The SMILES string of the molecule is COc1ccc(Br)cc1S(=O)(=O)N[C@@H](C)CCc1ccccc1. The molecule has 1 atom stereocenters. The van der Waals surface area contributed by atoms with E-state index in [1.54, 1.807) is 18.2 Å². The minimum absolute atomic E-state index is 0.140. The quantitative estimate of drug-likeness (QED) is 0.773. The number of rotatable bonds is 7. The molecule has 0 fully saturated rings. The molecule has 0 bridgehead atoms. The van der Waals surface area contributed by atoms with Gasteiger partial charge < -0.3 is 4.74 Å². The van der Waals surface area contributed by atoms with Gasteiger partial charge in [0, 0.05) is 10.5 Å². The summed E-state index contributed by atoms with van der Waals surface area (Å²) in [5.41, 5.74) is 1.19. The minimum Gasteiger partial charge on any atom is -0.495 e. The molecule has 124 valence electrons. The highest BCUT2D eigenvalue weighted by molar-refractivity contribution is 9.10. The Hall–Kier alpha value is -1.37. The number of ether oxygens (including phenoxy) is 1. The zero-order valence-corrected chi connectivity index (χ0v) is 15.5. The van der Waals surface area contributed by atoms with Gasteiger partial charge in [-0.3, -0.25) is 0 Å². The van der Waals surface area contributed by atoms with Gasteiger partial charge in [0.05, 0.1) is 7.11 Å². The molecular weight excluding hydrogens is 378 g/mol. The molecule has 0 amide bonds. The van der Waals surface area contributed by atoms with Crippen molar-refractivity contribution in [1.82, 2.24) is 4.72 Å². The van der Waals surface area contributed by atoms with Crippen LogP contribution in [0.3, 0.4) is 0 Å². The first-order chi connectivity index (χ1) is 10.9. The summed E-state index contributed by atoms with van der Waals surface area (Å²) in [5.74, 6) is 0.330. The van der Waals surface area contributed by atoms with E-state index in [0.717, 1.165) is 12.8 Å². The highest BCUT2D eigenvalue weighted by atomic mass is 79.9. The minimum atomic E-state index is -3.63. The Morgan fingerprint density at radius 1 is 1.17 bits per heavy atom. The van der Waals surface area contributed by atoms with E-state index < -0.39 is 10.0 Å². The van der Waals surface area contributed by atoms with Crippen LogP contribution in [0.2, 0.25) is 0 Å². The lowest BCUT2D eigenvalue weighted by atomic mass is 10.1. The van der Waals surface area contributed by atoms with Crippen molar-refractivity contribution in [3.63, 3.8) is 0 Å². The Labute approximate surface area is 146 Å². The number of benzene rings is 2. The fourth-order valence-electron chi connectivity index (χ4n) is 2.28. The molecule has 0 aliphatic heterocycles. The van der Waals surface area contributed by atoms with Crippen molar-refractivity contribution in [3.05, 3.63) is 58.6 Å². The van der Waals surface area contributed by atoms with E-state index in [0.29, 0.717) is 10.2 Å². The molecule has 0 aliphatic rings. The second kappa shape index (κ2) is 7.95. The van der Waals surface area contributed by atoms with Gasteiger partial charge in [0.2, 0.25) is 10.0 Å². The summed E-state index contributed by atoms with van der Waals surface area (Å²) in [6.45, 7) is 1.87. The number of methoxy groups -OCH3 is 1. The zero-order valence-electron chi connectivity index (χ0n) is 13.1. The number of halogens is 1. The van der Waals surface area contributed by atoms with E-state index in [-0.39, 0.29) is 10.9 Å². The molecule has 0 saturated heterocycles. The Morgan fingerprint density at radius 3 is 2.52 bits per heavy atom. The number of nitrogens with one attached hydrogen (secondary N) is 1. The Kier molecular flexibility index (Phi) is 6.21. The molecule has 2 aromatic rings. The fourth-order valence-corrected chi connectivity index (χ4v) is 4.26. The van der Waals surface area contributed by atoms with Crippen molar-refractivity contribution < 1.29 is 13.2 Å². The number of hydrogen-bond donors (Lipinski definition) is 1. The molecule has 0 aromatic heterocycles. The van der Waals surface area contributed by atoms with E-state index in [9.17, 15) is 8.42 Å². The van der Waals surface area contributed by atoms with E-state index >= 15 is 0 Å². The van der Waals surface area contributed by atoms with Crippen LogP contribution in [0.15, 0.2) is 57.9 Å². The summed E-state index contributed by atoms with van der Waals surface area (Å²) in [5, 5.41) is 0. The van der Waals surface area contributed by atoms with Gasteiger partial charge in [0.1, 0.15) is 10.6 Å². The molecule has 0 spiro atoms. The van der Waals surface area contributed by atoms with Crippen molar-refractivity contribution in [2.45, 2.75) is 30.7 Å². The smallest absolute Gasteiger partial charge is 0.244 e. The second-order valence-electron chi connectivity index (χ2n) is 5.34. The lowest BCUT2D eigenvalue weighted by molar-refractivity contribution is 0.402. The molecular formula is C17H20BrNO3S. The largest absolute Gasteiger partial charge is 0.495 e. The van der Waals surface area contributed by atoms with Crippen molar-refractivity contribution in [1.29, 1.82) is 0 Å². The molecule has 0 radical (unpaired) electrons. The predicted molar refractivity (Wildman–Crippen MR) is 95.2 cm³/mol. The van der Waals surface area contributed by atoms with Gasteiger partial charge in [0.15, 0.2) is 0 Å². The standard InChI is InChI=1S/C17H20BrNO3S/c1-13(8-9-14-6-4-3-5-7-14)19-23(20,21)17-12-15(18)10-11-16(17)22-2/h3-7,10-13,19H,8-9H2,1-2H3/t13-/m0/s1. The van der Waals surface area contributed by atoms with Gasteiger partial charge in [-0.25, -0.2) is 13.1 Å². The second-order valence-corrected chi connectivity index (χ2v) is 7.94. The summed E-state index contributed by atoms with van der Waals surface area (Å²) >= 11 is 3.30. The van der Waals surface area contributed by atoms with E-state index in [1.165, 1.54) is 12.7 Å². The first-order valence-electron chi connectivity index (χ1n) is 7.32. The maximum atomic E-state index is 12.6. The van der Waals surface area contributed by atoms with Gasteiger partial charge in [-0.05, 0) is 43.5 Å². The maximum absolute atomic E-state index is 12.6. The van der Waals surface area contributed by atoms with Crippen molar-refractivity contribution >= 4 is 26.0 Å². The maximum Gasteiger partial charge on any atom is 0.244 e. The molecule has 2 rings (SSSR count). The fraction of sp³-hybridized carbons (Fsp3) is 0.294. The predicted octanol–water partition coefficient (Wildman–Crippen LogP) is 3.76. The van der Waals surface area contributed by atoms with Crippen LogP contribution in [-0.2, 0) is 16.4 Å². The average Bonchev–Trinajstić information content (AvgIpc) is 2.53. The van der Waals surface area contributed by atoms with Crippen LogP contribution in [0, 0.1) is 0 Å². The van der Waals surface area contributed by atoms with Crippen molar-refractivity contribution in [2.75, 3.05) is 7.11 Å². The summed E-state index contributed by atoms with van der Waals surface area (Å²) in [4.78, 5) is 0.140. The molecule has 2 aromatic carbocycles. The first kappa shape index (κ1) is 18.0. The van der Waals surface area contributed by atoms with Crippen molar-refractivity contribution in [2.24, 2.45) is 0 Å². The summed E-state index contributed by atoms with van der Waals surface area (Å²) < 4.78 is 33.7. The Balaban J connectivity index is 2.07. The third-order valence-electron chi connectivity index (χ3n) is 3.48. The van der Waals surface area contributed by atoms with Crippen LogP contribution in [0.1, 0.15) is 18.9 Å². The number of hydrogen-bond acceptors (Lipinski definition) is 3. The van der Waals surface area contributed by atoms with Crippen LogP contribution in [0.5, 0.6) is 5.75 Å². The average molecular weight is 398 g/mol. The highest BCUT2D eigenvalue weighted by Crippen LogP contribution is 2.27. The molecule has 6 heteroatoms. The molecule has 1 N–H and O–H groups in total. The van der Waals surface area contributed by atoms with Crippen LogP contribution < -0.4 is 9.46 Å². The normalized spacial score (nSPS) is 12.8. The third kappa shape index (κ3) is 5.06. The van der Waals surface area contributed by atoms with Crippen LogP contribution in [-0.4, -0.2) is 21.6 Å². The molecule has 23 heavy (non-hydrogen) atoms. The molecule has 0 unspecified atom stereocenters. The van der Waals surface area contributed by atoms with E-state index in [1.807, 2.05) is 37.3 Å². The van der Waals surface area contributed by atoms with Crippen LogP contribution >= 0.6 is 15.9 Å². The molecule has 0 aliphatic carbocycles. The van der Waals surface area contributed by atoms with Gasteiger partial charge >= 0.3 is 0 Å². The lowest BCUT2D eigenvalue weighted by Crippen LogP contribution is -2.33. The zero-order chi connectivity index (χ0) is 16.9. The van der Waals surface area contributed by atoms with Crippen LogP contribution in [0.25, 0.3) is 0 Å². The van der Waals surface area contributed by atoms with Gasteiger partial charge in [-0.15, -0.1) is 0 Å². The monoisotopic (exact) mass is 397 g/mol. The number of sulfonamides is 1. The van der Waals surface area contributed by atoms with Crippen LogP contribution in [0.4, 0.5) is 0 Å². The number of aryl methyl sites for hydroxylation is 1.